The highest BCUT2D eigenvalue weighted by molar-refractivity contribution is 5.81. The third kappa shape index (κ3) is 5.01. The molecule has 2 aromatic carbocycles. The average Bonchev–Trinajstić information content (AvgIpc) is 3.19. The van der Waals surface area contributed by atoms with Crippen LogP contribution >= 0.6 is 0 Å². The van der Waals surface area contributed by atoms with Gasteiger partial charge in [-0.1, -0.05) is 29.5 Å². The Hall–Kier alpha value is -3.98. The Balaban J connectivity index is 1.58. The zero-order chi connectivity index (χ0) is 29.0. The van der Waals surface area contributed by atoms with Crippen molar-refractivity contribution < 1.29 is 14.6 Å². The summed E-state index contributed by atoms with van der Waals surface area (Å²) < 4.78 is 7.98. The van der Waals surface area contributed by atoms with Crippen LogP contribution in [0.4, 0.5) is 0 Å². The summed E-state index contributed by atoms with van der Waals surface area (Å²) in [4.78, 5) is 29.9. The zero-order valence-electron chi connectivity index (χ0n) is 24.2. The second kappa shape index (κ2) is 9.89. The first-order chi connectivity index (χ1) is 18.8. The summed E-state index contributed by atoms with van der Waals surface area (Å²) in [5.41, 5.74) is 5.71. The number of aliphatic carboxylic acids is 1. The minimum Gasteiger partial charge on any atom is -0.485 e. The number of aromatic amines is 1. The van der Waals surface area contributed by atoms with Gasteiger partial charge in [0.2, 0.25) is 5.56 Å². The third-order valence-corrected chi connectivity index (χ3v) is 8.09. The molecule has 0 amide bonds. The maximum absolute atomic E-state index is 12.6. The van der Waals surface area contributed by atoms with Crippen LogP contribution in [0, 0.1) is 19.3 Å². The molecule has 0 saturated carbocycles. The van der Waals surface area contributed by atoms with Crippen molar-refractivity contribution in [1.29, 1.82) is 0 Å². The van der Waals surface area contributed by atoms with E-state index < -0.39 is 22.9 Å². The van der Waals surface area contributed by atoms with Crippen molar-refractivity contribution in [3.63, 3.8) is 0 Å². The van der Waals surface area contributed by atoms with Crippen LogP contribution in [0.2, 0.25) is 0 Å². The van der Waals surface area contributed by atoms with E-state index in [0.29, 0.717) is 25.4 Å². The fraction of sp³-hybridized carbons (Fsp3) is 0.419. The lowest BCUT2D eigenvalue weighted by Gasteiger charge is -2.33. The minimum absolute atomic E-state index is 0.158. The largest absolute Gasteiger partial charge is 0.485 e. The Morgan fingerprint density at radius 2 is 1.93 bits per heavy atom. The van der Waals surface area contributed by atoms with E-state index in [1.54, 1.807) is 24.6 Å². The highest BCUT2D eigenvalue weighted by atomic mass is 16.5. The van der Waals surface area contributed by atoms with Gasteiger partial charge in [0, 0.05) is 38.7 Å². The van der Waals surface area contributed by atoms with Gasteiger partial charge in [-0.2, -0.15) is 0 Å². The van der Waals surface area contributed by atoms with Crippen LogP contribution in [0.15, 0.2) is 47.3 Å². The molecule has 0 spiro atoms. The Bertz CT molecular complexity index is 1670. The Morgan fingerprint density at radius 3 is 2.65 bits per heavy atom. The number of carboxylic acids is 1. The smallest absolute Gasteiger partial charge is 0.310 e. The predicted octanol–water partition coefficient (Wildman–Crippen LogP) is 4.69. The van der Waals surface area contributed by atoms with E-state index in [-0.39, 0.29) is 5.56 Å². The van der Waals surface area contributed by atoms with Crippen molar-refractivity contribution in [1.82, 2.24) is 24.9 Å². The van der Waals surface area contributed by atoms with Gasteiger partial charge in [0.15, 0.2) is 0 Å². The first kappa shape index (κ1) is 27.6. The molecule has 0 fully saturated rings. The first-order valence-electron chi connectivity index (χ1n) is 13.5. The van der Waals surface area contributed by atoms with Crippen LogP contribution < -0.4 is 10.3 Å². The first-order valence-corrected chi connectivity index (χ1v) is 13.5. The molecule has 210 valence electrons. The highest BCUT2D eigenvalue weighted by Crippen LogP contribution is 2.44. The van der Waals surface area contributed by atoms with Crippen molar-refractivity contribution >= 4 is 17.0 Å². The van der Waals surface area contributed by atoms with Crippen LogP contribution in [0.5, 0.6) is 5.75 Å². The number of ether oxygens (including phenoxy) is 1. The number of hydrogen-bond acceptors (Lipinski definition) is 6. The summed E-state index contributed by atoms with van der Waals surface area (Å²) in [7, 11) is 1.85. The van der Waals surface area contributed by atoms with Gasteiger partial charge in [-0.05, 0) is 81.5 Å². The number of nitrogens with one attached hydrogen (secondary N) is 1. The number of aromatic nitrogens is 4. The number of aryl methyl sites for hydroxylation is 3. The molecule has 0 radical (unpaired) electrons. The summed E-state index contributed by atoms with van der Waals surface area (Å²) in [6.45, 7) is 13.5. The molecule has 0 saturated heterocycles. The molecule has 4 aromatic rings. The number of rotatable bonds is 6. The molecule has 9 nitrogen and oxygen atoms in total. The van der Waals surface area contributed by atoms with E-state index in [9.17, 15) is 14.7 Å². The summed E-state index contributed by atoms with van der Waals surface area (Å²) in [5.74, 6) is -0.599. The van der Waals surface area contributed by atoms with E-state index in [2.05, 4.69) is 39.3 Å². The minimum atomic E-state index is -1.09. The highest BCUT2D eigenvalue weighted by Gasteiger charge is 2.40. The molecule has 3 heterocycles. The predicted molar refractivity (Wildman–Crippen MR) is 154 cm³/mol. The number of pyridine rings is 1. The van der Waals surface area contributed by atoms with Crippen molar-refractivity contribution in [3.8, 4) is 5.75 Å². The molecule has 9 heteroatoms. The summed E-state index contributed by atoms with van der Waals surface area (Å²) >= 11 is 0. The van der Waals surface area contributed by atoms with Gasteiger partial charge >= 0.3 is 5.97 Å². The Kier molecular flexibility index (Phi) is 6.82. The summed E-state index contributed by atoms with van der Waals surface area (Å²) in [6.07, 6.45) is 0. The third-order valence-electron chi connectivity index (χ3n) is 8.09. The second-order valence-electron chi connectivity index (χ2n) is 12.2. The van der Waals surface area contributed by atoms with Crippen LogP contribution in [0.3, 0.4) is 0 Å². The van der Waals surface area contributed by atoms with Gasteiger partial charge in [-0.3, -0.25) is 14.5 Å². The number of carbonyl (C=O) groups is 1. The van der Waals surface area contributed by atoms with Gasteiger partial charge in [-0.25, -0.2) is 4.68 Å². The molecular formula is C31H37N5O4. The quantitative estimate of drug-likeness (QED) is 0.363. The lowest BCUT2D eigenvalue weighted by atomic mass is 9.69. The van der Waals surface area contributed by atoms with Gasteiger partial charge in [0.05, 0.1) is 16.6 Å². The van der Waals surface area contributed by atoms with Gasteiger partial charge in [0.1, 0.15) is 16.9 Å². The van der Waals surface area contributed by atoms with Gasteiger partial charge in [0.25, 0.3) is 0 Å². The average molecular weight is 544 g/mol. The number of hydrogen-bond donors (Lipinski definition) is 2. The molecule has 5 rings (SSSR count). The summed E-state index contributed by atoms with van der Waals surface area (Å²) in [6, 6.07) is 13.5. The van der Waals surface area contributed by atoms with Crippen molar-refractivity contribution in [2.24, 2.45) is 12.5 Å². The molecule has 40 heavy (non-hydrogen) atoms. The summed E-state index contributed by atoms with van der Waals surface area (Å²) in [5, 5.41) is 18.9. The molecule has 1 atom stereocenters. The molecule has 1 aliphatic rings. The van der Waals surface area contributed by atoms with Crippen LogP contribution in [-0.4, -0.2) is 48.1 Å². The number of H-pyrrole nitrogens is 1. The van der Waals surface area contributed by atoms with Crippen LogP contribution in [0.1, 0.15) is 67.1 Å². The van der Waals surface area contributed by atoms with E-state index in [1.807, 2.05) is 46.0 Å². The fourth-order valence-electron chi connectivity index (χ4n) is 5.93. The number of carboxylic acid groups (broad SMARTS) is 1. The van der Waals surface area contributed by atoms with Crippen LogP contribution in [0.25, 0.3) is 11.0 Å². The lowest BCUT2D eigenvalue weighted by Crippen LogP contribution is -2.40. The Labute approximate surface area is 233 Å². The van der Waals surface area contributed by atoms with Crippen LogP contribution in [-0.2, 0) is 24.9 Å². The monoisotopic (exact) mass is 543 g/mol. The van der Waals surface area contributed by atoms with E-state index in [1.165, 1.54) is 6.07 Å². The SMILES string of the molecule is Cc1ccc(C(c2ccc3c(nnn3C)c2C)C(C)(C)C(=O)O)cc1CN1Cc2[nH]c(=O)ccc2OC(C)(C)C1. The molecule has 2 N–H and O–H groups in total. The molecule has 0 bridgehead atoms. The molecular weight excluding hydrogens is 506 g/mol. The molecule has 1 unspecified atom stereocenters. The van der Waals surface area contributed by atoms with Gasteiger partial charge < -0.3 is 14.8 Å². The van der Waals surface area contributed by atoms with E-state index >= 15 is 0 Å². The molecule has 1 aliphatic heterocycles. The van der Waals surface area contributed by atoms with Crippen molar-refractivity contribution in [2.75, 3.05) is 6.54 Å². The maximum atomic E-state index is 12.6. The normalized spacial score (nSPS) is 16.3. The maximum Gasteiger partial charge on any atom is 0.310 e. The van der Waals surface area contributed by atoms with Gasteiger partial charge in [-0.15, -0.1) is 5.10 Å². The lowest BCUT2D eigenvalue weighted by molar-refractivity contribution is -0.147. The molecule has 2 aromatic heterocycles. The van der Waals surface area contributed by atoms with E-state index in [4.69, 9.17) is 4.74 Å². The number of fused-ring (bicyclic) bond motifs is 2. The second-order valence-corrected chi connectivity index (χ2v) is 12.2. The number of nitrogens with zero attached hydrogens (tertiary/aromatic N) is 4. The Morgan fingerprint density at radius 1 is 1.18 bits per heavy atom. The van der Waals surface area contributed by atoms with E-state index in [0.717, 1.165) is 44.5 Å². The van der Waals surface area contributed by atoms with Crippen molar-refractivity contribution in [3.05, 3.63) is 86.3 Å². The standard InChI is InChI=1S/C31H37N5O4/c1-18-8-9-20(14-21(18)15-36-16-23-25(12-13-26(37)32-23)40-30(3,4)17-36)27(31(5,6)29(38)39)22-10-11-24-28(19(22)2)33-34-35(24)7/h8-14,27H,15-17H2,1-7H3,(H,32,37)(H,38,39). The topological polar surface area (TPSA) is 113 Å². The van der Waals surface area contributed by atoms with Crippen molar-refractivity contribution in [2.45, 2.75) is 66.2 Å². The zero-order valence-corrected chi connectivity index (χ0v) is 24.2. The molecule has 0 aliphatic carbocycles. The number of benzene rings is 2. The fourth-order valence-corrected chi connectivity index (χ4v) is 5.93.